The minimum atomic E-state index is -0.501. The van der Waals surface area contributed by atoms with Crippen LogP contribution in [-0.4, -0.2) is 52.9 Å². The van der Waals surface area contributed by atoms with Gasteiger partial charge < -0.3 is 10.6 Å². The van der Waals surface area contributed by atoms with Crippen LogP contribution in [0.5, 0.6) is 0 Å². The number of ketones is 2. The maximum Gasteiger partial charge on any atom is 0.269 e. The van der Waals surface area contributed by atoms with E-state index in [1.165, 1.54) is 24.9 Å². The highest BCUT2D eigenvalue weighted by atomic mass is 32.2. The number of hydrogen-bond donors (Lipinski definition) is 3. The molecule has 0 radical (unpaired) electrons. The number of aromatic nitrogens is 2. The normalized spacial score (nSPS) is 13.3. The standard InChI is InChI=1S/C15H18N4O4S/c1-3-10(21)17-5-4-6-24-9-7-8(20)12-11(14(9)22)13(19-18-12)15(23)16-2/h7H,3-6H2,1-2H3,(H,16,23)(H,17,21)(H,18,19). The van der Waals surface area contributed by atoms with Gasteiger partial charge in [0.2, 0.25) is 17.5 Å². The largest absolute Gasteiger partial charge is 0.356 e. The molecule has 0 fully saturated rings. The molecule has 0 spiro atoms. The Morgan fingerprint density at radius 3 is 2.75 bits per heavy atom. The highest BCUT2D eigenvalue weighted by Gasteiger charge is 2.33. The molecular weight excluding hydrogens is 332 g/mol. The Labute approximate surface area is 142 Å². The fourth-order valence-electron chi connectivity index (χ4n) is 2.12. The Bertz CT molecular complexity index is 723. The third kappa shape index (κ3) is 3.73. The van der Waals surface area contributed by atoms with E-state index in [0.29, 0.717) is 25.1 Å². The van der Waals surface area contributed by atoms with E-state index < -0.39 is 11.7 Å². The quantitative estimate of drug-likeness (QED) is 0.622. The van der Waals surface area contributed by atoms with Gasteiger partial charge in [0.1, 0.15) is 11.4 Å². The van der Waals surface area contributed by atoms with Gasteiger partial charge in [-0.2, -0.15) is 5.10 Å². The molecule has 8 nitrogen and oxygen atoms in total. The smallest absolute Gasteiger partial charge is 0.269 e. The van der Waals surface area contributed by atoms with Crippen LogP contribution in [0.25, 0.3) is 0 Å². The first-order chi connectivity index (χ1) is 11.5. The Morgan fingerprint density at radius 1 is 1.33 bits per heavy atom. The molecule has 0 saturated heterocycles. The minimum Gasteiger partial charge on any atom is -0.356 e. The first kappa shape index (κ1) is 17.9. The Kier molecular flexibility index (Phi) is 5.91. The highest BCUT2D eigenvalue weighted by Crippen LogP contribution is 2.29. The number of carbonyl (C=O) groups is 4. The fourth-order valence-corrected chi connectivity index (χ4v) is 3.05. The zero-order valence-electron chi connectivity index (χ0n) is 13.4. The molecule has 2 amide bonds. The van der Waals surface area contributed by atoms with Gasteiger partial charge in [0, 0.05) is 26.1 Å². The first-order valence-electron chi connectivity index (χ1n) is 7.50. The third-order valence-electron chi connectivity index (χ3n) is 3.39. The van der Waals surface area contributed by atoms with Crippen molar-refractivity contribution in [3.8, 4) is 0 Å². The minimum absolute atomic E-state index is 0.00717. The van der Waals surface area contributed by atoms with Crippen LogP contribution in [0.1, 0.15) is 51.1 Å². The van der Waals surface area contributed by atoms with Crippen LogP contribution < -0.4 is 10.6 Å². The van der Waals surface area contributed by atoms with Crippen molar-refractivity contribution >= 4 is 35.1 Å². The van der Waals surface area contributed by atoms with E-state index in [2.05, 4.69) is 20.8 Å². The van der Waals surface area contributed by atoms with E-state index in [-0.39, 0.29) is 33.5 Å². The molecule has 0 bridgehead atoms. The second kappa shape index (κ2) is 7.91. The summed E-state index contributed by atoms with van der Waals surface area (Å²) < 4.78 is 0. The van der Waals surface area contributed by atoms with Gasteiger partial charge in [-0.05, 0) is 12.2 Å². The molecule has 0 aliphatic heterocycles. The van der Waals surface area contributed by atoms with Crippen LogP contribution >= 0.6 is 11.8 Å². The second-order valence-corrected chi connectivity index (χ2v) is 6.15. The number of H-pyrrole nitrogens is 1. The molecule has 128 valence electrons. The van der Waals surface area contributed by atoms with Gasteiger partial charge in [-0.15, -0.1) is 11.8 Å². The summed E-state index contributed by atoms with van der Waals surface area (Å²) in [6.45, 7) is 2.28. The predicted octanol–water partition coefficient (Wildman–Crippen LogP) is 0.682. The maximum atomic E-state index is 12.5. The summed E-state index contributed by atoms with van der Waals surface area (Å²) >= 11 is 1.23. The van der Waals surface area contributed by atoms with Crippen LogP contribution in [0.15, 0.2) is 11.0 Å². The molecule has 1 aliphatic rings. The van der Waals surface area contributed by atoms with Crippen LogP contribution in [0, 0.1) is 0 Å². The summed E-state index contributed by atoms with van der Waals surface area (Å²) in [6.07, 6.45) is 2.33. The Morgan fingerprint density at radius 2 is 2.08 bits per heavy atom. The molecule has 1 aromatic heterocycles. The second-order valence-electron chi connectivity index (χ2n) is 5.01. The van der Waals surface area contributed by atoms with Gasteiger partial charge in [-0.3, -0.25) is 24.3 Å². The number of allylic oxidation sites excluding steroid dienone is 2. The fraction of sp³-hybridized carbons (Fsp3) is 0.400. The van der Waals surface area contributed by atoms with Crippen LogP contribution in [0.4, 0.5) is 0 Å². The number of rotatable bonds is 7. The molecule has 3 N–H and O–H groups in total. The number of nitrogens with zero attached hydrogens (tertiary/aromatic N) is 1. The Balaban J connectivity index is 2.02. The summed E-state index contributed by atoms with van der Waals surface area (Å²) in [5, 5.41) is 11.4. The molecule has 0 atom stereocenters. The van der Waals surface area contributed by atoms with E-state index >= 15 is 0 Å². The number of fused-ring (bicyclic) bond motifs is 1. The molecule has 1 heterocycles. The average Bonchev–Trinajstić information content (AvgIpc) is 3.03. The average molecular weight is 350 g/mol. The molecule has 1 aromatic rings. The summed E-state index contributed by atoms with van der Waals surface area (Å²) in [4.78, 5) is 47.8. The molecular formula is C15H18N4O4S. The Hall–Kier alpha value is -2.42. The first-order valence-corrected chi connectivity index (χ1v) is 8.48. The zero-order valence-corrected chi connectivity index (χ0v) is 14.2. The number of hydrogen-bond acceptors (Lipinski definition) is 6. The molecule has 0 aromatic carbocycles. The maximum absolute atomic E-state index is 12.5. The van der Waals surface area contributed by atoms with Crippen molar-refractivity contribution in [3.63, 3.8) is 0 Å². The third-order valence-corrected chi connectivity index (χ3v) is 4.50. The van der Waals surface area contributed by atoms with Crippen molar-refractivity contribution in [1.29, 1.82) is 0 Å². The topological polar surface area (TPSA) is 121 Å². The molecule has 1 aliphatic carbocycles. The van der Waals surface area contributed by atoms with E-state index in [1.54, 1.807) is 6.92 Å². The van der Waals surface area contributed by atoms with Gasteiger partial charge in [0.25, 0.3) is 5.91 Å². The molecule has 2 rings (SSSR count). The van der Waals surface area contributed by atoms with Gasteiger partial charge in [0.15, 0.2) is 0 Å². The lowest BCUT2D eigenvalue weighted by atomic mass is 9.99. The van der Waals surface area contributed by atoms with Crippen molar-refractivity contribution in [2.45, 2.75) is 19.8 Å². The van der Waals surface area contributed by atoms with Crippen molar-refractivity contribution in [1.82, 2.24) is 20.8 Å². The monoisotopic (exact) mass is 350 g/mol. The number of thioether (sulfide) groups is 1. The summed E-state index contributed by atoms with van der Waals surface area (Å²) in [7, 11) is 1.43. The van der Waals surface area contributed by atoms with Gasteiger partial charge in [-0.1, -0.05) is 6.92 Å². The number of amides is 2. The molecule has 0 saturated carbocycles. The van der Waals surface area contributed by atoms with E-state index in [0.717, 1.165) is 0 Å². The van der Waals surface area contributed by atoms with Crippen LogP contribution in [0.3, 0.4) is 0 Å². The van der Waals surface area contributed by atoms with Crippen LogP contribution in [-0.2, 0) is 4.79 Å². The van der Waals surface area contributed by atoms with Crippen molar-refractivity contribution in [2.75, 3.05) is 19.3 Å². The van der Waals surface area contributed by atoms with E-state index in [9.17, 15) is 19.2 Å². The lowest BCUT2D eigenvalue weighted by Crippen LogP contribution is -2.24. The lowest BCUT2D eigenvalue weighted by Gasteiger charge is -2.11. The number of aromatic amines is 1. The summed E-state index contributed by atoms with van der Waals surface area (Å²) in [5.74, 6) is -0.755. The number of nitrogens with one attached hydrogen (secondary N) is 3. The summed E-state index contributed by atoms with van der Waals surface area (Å²) in [6, 6.07) is 0. The molecule has 9 heteroatoms. The van der Waals surface area contributed by atoms with E-state index in [1.807, 2.05) is 0 Å². The number of carbonyl (C=O) groups excluding carboxylic acids is 4. The van der Waals surface area contributed by atoms with Crippen molar-refractivity contribution < 1.29 is 19.2 Å². The van der Waals surface area contributed by atoms with Crippen LogP contribution in [0.2, 0.25) is 0 Å². The molecule has 0 unspecified atom stereocenters. The van der Waals surface area contributed by atoms with Crippen molar-refractivity contribution in [2.24, 2.45) is 0 Å². The van der Waals surface area contributed by atoms with Gasteiger partial charge >= 0.3 is 0 Å². The van der Waals surface area contributed by atoms with Gasteiger partial charge in [0.05, 0.1) is 10.5 Å². The van der Waals surface area contributed by atoms with Gasteiger partial charge in [-0.25, -0.2) is 0 Å². The van der Waals surface area contributed by atoms with Crippen molar-refractivity contribution in [3.05, 3.63) is 27.9 Å². The number of Topliss-reactive ketones (excluding diaryl/α,β-unsaturated/α-hetero) is 1. The van der Waals surface area contributed by atoms with E-state index in [4.69, 9.17) is 0 Å². The summed E-state index contributed by atoms with van der Waals surface area (Å²) in [5.41, 5.74) is -0.0194. The lowest BCUT2D eigenvalue weighted by molar-refractivity contribution is -0.120. The SMILES string of the molecule is CCC(=O)NCCCSC1=CC(=O)c2n[nH]c(C(=O)NC)c2C1=O. The highest BCUT2D eigenvalue weighted by molar-refractivity contribution is 8.04. The predicted molar refractivity (Wildman–Crippen MR) is 89.1 cm³/mol. The molecule has 24 heavy (non-hydrogen) atoms. The zero-order chi connectivity index (χ0) is 17.7.